The normalized spacial score (nSPS) is 23.0. The van der Waals surface area contributed by atoms with Crippen LogP contribution < -0.4 is 5.73 Å². The van der Waals surface area contributed by atoms with Crippen LogP contribution in [-0.4, -0.2) is 55.6 Å². The second-order valence-electron chi connectivity index (χ2n) is 5.91. The van der Waals surface area contributed by atoms with Crippen molar-refractivity contribution in [1.82, 2.24) is 9.80 Å². The van der Waals surface area contributed by atoms with Gasteiger partial charge in [-0.25, -0.2) is 0 Å². The Labute approximate surface area is 94.6 Å². The molecule has 1 aliphatic heterocycles. The Morgan fingerprint density at radius 2 is 1.67 bits per heavy atom. The maximum atomic E-state index is 6.16. The molecule has 1 rings (SSSR count). The average Bonchev–Trinajstić information content (AvgIpc) is 2.15. The molecule has 0 aromatic heterocycles. The highest BCUT2D eigenvalue weighted by atomic mass is 15.2. The van der Waals surface area contributed by atoms with E-state index in [0.29, 0.717) is 6.04 Å². The first-order valence-electron chi connectivity index (χ1n) is 6.06. The van der Waals surface area contributed by atoms with Gasteiger partial charge >= 0.3 is 0 Å². The first kappa shape index (κ1) is 12.9. The molecule has 0 saturated carbocycles. The third kappa shape index (κ3) is 4.49. The monoisotopic (exact) mass is 213 g/mol. The lowest BCUT2D eigenvalue weighted by Gasteiger charge is -2.34. The van der Waals surface area contributed by atoms with Gasteiger partial charge in [0.2, 0.25) is 0 Å². The van der Waals surface area contributed by atoms with E-state index in [1.54, 1.807) is 0 Å². The van der Waals surface area contributed by atoms with Crippen LogP contribution in [0.1, 0.15) is 27.2 Å². The van der Waals surface area contributed by atoms with E-state index in [0.717, 1.165) is 13.0 Å². The molecule has 0 spiro atoms. The molecule has 1 saturated heterocycles. The Hall–Kier alpha value is -0.120. The zero-order valence-corrected chi connectivity index (χ0v) is 10.8. The molecule has 0 aromatic rings. The van der Waals surface area contributed by atoms with Gasteiger partial charge in [0.25, 0.3) is 0 Å². The van der Waals surface area contributed by atoms with Crippen LogP contribution >= 0.6 is 0 Å². The maximum absolute atomic E-state index is 6.16. The van der Waals surface area contributed by atoms with Gasteiger partial charge in [-0.1, -0.05) is 20.8 Å². The smallest absolute Gasteiger partial charge is 0.0110 e. The molecule has 1 unspecified atom stereocenters. The van der Waals surface area contributed by atoms with Gasteiger partial charge in [-0.2, -0.15) is 0 Å². The van der Waals surface area contributed by atoms with Gasteiger partial charge < -0.3 is 15.5 Å². The molecular formula is C12H27N3. The van der Waals surface area contributed by atoms with E-state index in [1.165, 1.54) is 26.2 Å². The van der Waals surface area contributed by atoms with Gasteiger partial charge in [-0.05, 0) is 25.4 Å². The lowest BCUT2D eigenvalue weighted by molar-refractivity contribution is 0.143. The van der Waals surface area contributed by atoms with Crippen LogP contribution in [0.3, 0.4) is 0 Å². The van der Waals surface area contributed by atoms with Gasteiger partial charge in [0.05, 0.1) is 0 Å². The zero-order valence-electron chi connectivity index (χ0n) is 10.8. The molecule has 3 nitrogen and oxygen atoms in total. The number of hydrogen-bond donors (Lipinski definition) is 1. The van der Waals surface area contributed by atoms with Crippen molar-refractivity contribution < 1.29 is 0 Å². The Balaban J connectivity index is 2.20. The van der Waals surface area contributed by atoms with Crippen LogP contribution in [0.15, 0.2) is 0 Å². The first-order valence-corrected chi connectivity index (χ1v) is 6.06. The minimum absolute atomic E-state index is 0.243. The third-order valence-corrected chi connectivity index (χ3v) is 3.46. The van der Waals surface area contributed by atoms with Crippen molar-refractivity contribution in [2.45, 2.75) is 33.2 Å². The zero-order chi connectivity index (χ0) is 11.5. The molecule has 0 amide bonds. The summed E-state index contributed by atoms with van der Waals surface area (Å²) >= 11 is 0. The Kier molecular flexibility index (Phi) is 4.56. The molecule has 1 heterocycles. The summed E-state index contributed by atoms with van der Waals surface area (Å²) in [7, 11) is 2.19. The summed E-state index contributed by atoms with van der Waals surface area (Å²) in [6.07, 6.45) is 1.12. The Bertz CT molecular complexity index is 178. The Morgan fingerprint density at radius 3 is 2.13 bits per heavy atom. The molecule has 15 heavy (non-hydrogen) atoms. The largest absolute Gasteiger partial charge is 0.327 e. The topological polar surface area (TPSA) is 32.5 Å². The van der Waals surface area contributed by atoms with Crippen molar-refractivity contribution in [3.05, 3.63) is 0 Å². The molecule has 0 aliphatic carbocycles. The fourth-order valence-electron chi connectivity index (χ4n) is 1.83. The third-order valence-electron chi connectivity index (χ3n) is 3.46. The molecular weight excluding hydrogens is 186 g/mol. The fraction of sp³-hybridized carbons (Fsp3) is 1.00. The summed E-state index contributed by atoms with van der Waals surface area (Å²) in [5.74, 6) is 0. The van der Waals surface area contributed by atoms with E-state index < -0.39 is 0 Å². The van der Waals surface area contributed by atoms with Crippen LogP contribution in [-0.2, 0) is 0 Å². The van der Waals surface area contributed by atoms with Crippen molar-refractivity contribution in [2.24, 2.45) is 11.1 Å². The SMILES string of the molecule is CN1CCN(CCC(N)C(C)(C)C)CC1. The minimum atomic E-state index is 0.243. The molecule has 0 aromatic carbocycles. The molecule has 1 atom stereocenters. The lowest BCUT2D eigenvalue weighted by atomic mass is 9.85. The predicted octanol–water partition coefficient (Wildman–Crippen LogP) is 0.997. The van der Waals surface area contributed by atoms with Gasteiger partial charge in [0.1, 0.15) is 0 Å². The van der Waals surface area contributed by atoms with E-state index in [2.05, 4.69) is 37.6 Å². The van der Waals surface area contributed by atoms with Gasteiger partial charge in [-0.3, -0.25) is 0 Å². The van der Waals surface area contributed by atoms with E-state index in [4.69, 9.17) is 5.73 Å². The van der Waals surface area contributed by atoms with Crippen molar-refractivity contribution >= 4 is 0 Å². The van der Waals surface area contributed by atoms with Crippen molar-refractivity contribution in [3.8, 4) is 0 Å². The van der Waals surface area contributed by atoms with Gasteiger partial charge in [0, 0.05) is 32.2 Å². The molecule has 0 radical (unpaired) electrons. The lowest BCUT2D eigenvalue weighted by Crippen LogP contribution is -2.46. The van der Waals surface area contributed by atoms with E-state index >= 15 is 0 Å². The van der Waals surface area contributed by atoms with Crippen LogP contribution in [0.25, 0.3) is 0 Å². The fourth-order valence-corrected chi connectivity index (χ4v) is 1.83. The van der Waals surface area contributed by atoms with E-state index in [9.17, 15) is 0 Å². The van der Waals surface area contributed by atoms with E-state index in [1.807, 2.05) is 0 Å². The summed E-state index contributed by atoms with van der Waals surface area (Å²) in [5.41, 5.74) is 6.40. The number of rotatable bonds is 3. The molecule has 1 fully saturated rings. The number of likely N-dealkylation sites (N-methyl/N-ethyl adjacent to an activating group) is 1. The number of nitrogens with zero attached hydrogens (tertiary/aromatic N) is 2. The minimum Gasteiger partial charge on any atom is -0.327 e. The number of piperazine rings is 1. The van der Waals surface area contributed by atoms with Crippen molar-refractivity contribution in [2.75, 3.05) is 39.8 Å². The summed E-state index contributed by atoms with van der Waals surface area (Å²) < 4.78 is 0. The highest BCUT2D eigenvalue weighted by Crippen LogP contribution is 2.20. The molecule has 90 valence electrons. The van der Waals surface area contributed by atoms with Crippen molar-refractivity contribution in [1.29, 1.82) is 0 Å². The van der Waals surface area contributed by atoms with Gasteiger partial charge in [-0.15, -0.1) is 0 Å². The quantitative estimate of drug-likeness (QED) is 0.759. The van der Waals surface area contributed by atoms with Crippen molar-refractivity contribution in [3.63, 3.8) is 0 Å². The van der Waals surface area contributed by atoms with E-state index in [-0.39, 0.29) is 5.41 Å². The predicted molar refractivity (Wildman–Crippen MR) is 66.0 cm³/mol. The number of hydrogen-bond acceptors (Lipinski definition) is 3. The van der Waals surface area contributed by atoms with Gasteiger partial charge in [0.15, 0.2) is 0 Å². The maximum Gasteiger partial charge on any atom is 0.0110 e. The van der Waals surface area contributed by atoms with Crippen LogP contribution in [0, 0.1) is 5.41 Å². The van der Waals surface area contributed by atoms with Crippen LogP contribution in [0.2, 0.25) is 0 Å². The van der Waals surface area contributed by atoms with Crippen LogP contribution in [0.4, 0.5) is 0 Å². The number of nitrogens with two attached hydrogens (primary N) is 1. The molecule has 0 bridgehead atoms. The summed E-state index contributed by atoms with van der Waals surface area (Å²) in [6.45, 7) is 12.6. The summed E-state index contributed by atoms with van der Waals surface area (Å²) in [5, 5.41) is 0. The molecule has 3 heteroatoms. The molecule has 2 N–H and O–H groups in total. The highest BCUT2D eigenvalue weighted by Gasteiger charge is 2.22. The second kappa shape index (κ2) is 5.28. The summed E-state index contributed by atoms with van der Waals surface area (Å²) in [4.78, 5) is 4.92. The standard InChI is InChI=1S/C12H27N3/c1-12(2,3)11(13)5-6-15-9-7-14(4)8-10-15/h11H,5-10,13H2,1-4H3. The summed E-state index contributed by atoms with van der Waals surface area (Å²) in [6, 6.07) is 0.317. The Morgan fingerprint density at radius 1 is 1.13 bits per heavy atom. The van der Waals surface area contributed by atoms with Crippen LogP contribution in [0.5, 0.6) is 0 Å². The highest BCUT2D eigenvalue weighted by molar-refractivity contribution is 4.79. The molecule has 1 aliphatic rings. The second-order valence-corrected chi connectivity index (χ2v) is 5.91. The average molecular weight is 213 g/mol. The first-order chi connectivity index (χ1) is 6.89.